The van der Waals surface area contributed by atoms with Gasteiger partial charge in [-0.05, 0) is 25.9 Å². The van der Waals surface area contributed by atoms with Crippen LogP contribution in [0, 0.1) is 0 Å². The van der Waals surface area contributed by atoms with Gasteiger partial charge >= 0.3 is 0 Å². The number of rotatable bonds is 6. The molecule has 3 heteroatoms. The van der Waals surface area contributed by atoms with Crippen molar-refractivity contribution in [3.8, 4) is 0 Å². The summed E-state index contributed by atoms with van der Waals surface area (Å²) in [6.07, 6.45) is 2.08. The molecular weight excluding hydrogens is 119 g/mol. The van der Waals surface area contributed by atoms with E-state index >= 15 is 0 Å². The molecule has 0 aliphatic carbocycles. The van der Waals surface area contributed by atoms with Crippen LogP contribution in [-0.4, -0.2) is 26.3 Å². The molecule has 0 aromatic heterocycles. The van der Waals surface area contributed by atoms with Gasteiger partial charge in [0, 0.05) is 6.54 Å². The van der Waals surface area contributed by atoms with E-state index in [-0.39, 0.29) is 6.67 Å². The molecule has 0 aliphatic rings. The van der Waals surface area contributed by atoms with Crippen LogP contribution in [0.5, 0.6) is 0 Å². The van der Waals surface area contributed by atoms with Gasteiger partial charge in [-0.3, -0.25) is 0 Å². The molecule has 0 atom stereocenters. The third kappa shape index (κ3) is 7.85. The van der Waals surface area contributed by atoms with Gasteiger partial charge in [0.1, 0.15) is 6.67 Å². The Bertz CT molecular complexity index is 44.3. The highest BCUT2D eigenvalue weighted by atomic mass is 19.1. The van der Waals surface area contributed by atoms with E-state index in [1.165, 1.54) is 0 Å². The second kappa shape index (κ2) is 7.85. The van der Waals surface area contributed by atoms with E-state index in [1.54, 1.807) is 0 Å². The average molecular weight is 134 g/mol. The van der Waals surface area contributed by atoms with Crippen LogP contribution in [0.1, 0.15) is 12.8 Å². The van der Waals surface area contributed by atoms with E-state index < -0.39 is 0 Å². The first-order valence-corrected chi connectivity index (χ1v) is 3.38. The maximum Gasteiger partial charge on any atom is 0.102 e. The van der Waals surface area contributed by atoms with Gasteiger partial charge in [-0.15, -0.1) is 0 Å². The molecule has 0 aromatic carbocycles. The zero-order valence-corrected chi connectivity index (χ0v) is 5.70. The molecule has 0 amide bonds. The van der Waals surface area contributed by atoms with Crippen molar-refractivity contribution in [2.24, 2.45) is 5.73 Å². The highest BCUT2D eigenvalue weighted by molar-refractivity contribution is 4.46. The van der Waals surface area contributed by atoms with Gasteiger partial charge in [0.2, 0.25) is 0 Å². The molecule has 0 unspecified atom stereocenters. The number of unbranched alkanes of at least 4 members (excludes halogenated alkanes) is 1. The van der Waals surface area contributed by atoms with Crippen LogP contribution in [0.25, 0.3) is 0 Å². The minimum Gasteiger partial charge on any atom is -0.330 e. The first-order chi connectivity index (χ1) is 4.41. The maximum absolute atomic E-state index is 11.4. The molecule has 0 fully saturated rings. The summed E-state index contributed by atoms with van der Waals surface area (Å²) in [6, 6.07) is 0. The van der Waals surface area contributed by atoms with E-state index in [4.69, 9.17) is 5.73 Å². The zero-order valence-electron chi connectivity index (χ0n) is 5.70. The SMILES string of the molecule is NCCCCNCCF. The Morgan fingerprint density at radius 1 is 1.22 bits per heavy atom. The van der Waals surface area contributed by atoms with E-state index in [9.17, 15) is 4.39 Å². The summed E-state index contributed by atoms with van der Waals surface area (Å²) in [5.41, 5.74) is 5.24. The molecule has 0 heterocycles. The van der Waals surface area contributed by atoms with Gasteiger partial charge in [0.25, 0.3) is 0 Å². The molecule has 56 valence electrons. The van der Waals surface area contributed by atoms with Gasteiger partial charge in [-0.1, -0.05) is 0 Å². The molecule has 2 nitrogen and oxygen atoms in total. The number of halogens is 1. The first kappa shape index (κ1) is 8.85. The second-order valence-corrected chi connectivity index (χ2v) is 1.93. The summed E-state index contributed by atoms with van der Waals surface area (Å²) >= 11 is 0. The Balaban J connectivity index is 2.60. The van der Waals surface area contributed by atoms with Crippen molar-refractivity contribution in [3.63, 3.8) is 0 Å². The lowest BCUT2D eigenvalue weighted by molar-refractivity contribution is 0.464. The van der Waals surface area contributed by atoms with Gasteiger partial charge in [-0.2, -0.15) is 0 Å². The van der Waals surface area contributed by atoms with E-state index in [0.29, 0.717) is 6.54 Å². The van der Waals surface area contributed by atoms with Gasteiger partial charge < -0.3 is 11.1 Å². The van der Waals surface area contributed by atoms with Gasteiger partial charge in [-0.25, -0.2) is 4.39 Å². The summed E-state index contributed by atoms with van der Waals surface area (Å²) in [5, 5.41) is 2.94. The van der Waals surface area contributed by atoms with E-state index in [1.807, 2.05) is 0 Å². The smallest absolute Gasteiger partial charge is 0.102 e. The molecule has 0 rings (SSSR count). The van der Waals surface area contributed by atoms with Crippen molar-refractivity contribution in [2.45, 2.75) is 12.8 Å². The Kier molecular flexibility index (Phi) is 7.72. The first-order valence-electron chi connectivity index (χ1n) is 3.38. The maximum atomic E-state index is 11.4. The molecule has 0 bridgehead atoms. The van der Waals surface area contributed by atoms with Crippen LogP contribution in [0.2, 0.25) is 0 Å². The lowest BCUT2D eigenvalue weighted by Gasteiger charge is -1.98. The normalized spacial score (nSPS) is 10.0. The lowest BCUT2D eigenvalue weighted by Crippen LogP contribution is -2.18. The van der Waals surface area contributed by atoms with Crippen molar-refractivity contribution >= 4 is 0 Å². The number of nitrogens with one attached hydrogen (secondary N) is 1. The summed E-state index contributed by atoms with van der Waals surface area (Å²) in [7, 11) is 0. The molecule has 0 radical (unpaired) electrons. The molecule has 0 spiro atoms. The molecule has 0 saturated heterocycles. The van der Waals surface area contributed by atoms with Gasteiger partial charge in [0.15, 0.2) is 0 Å². The molecule has 3 N–H and O–H groups in total. The molecule has 0 saturated carbocycles. The quantitative estimate of drug-likeness (QED) is 0.512. The standard InChI is InChI=1S/C6H15FN2/c7-3-6-9-5-2-1-4-8/h9H,1-6,8H2. The fraction of sp³-hybridized carbons (Fsp3) is 1.00. The fourth-order valence-corrected chi connectivity index (χ4v) is 0.586. The minimum atomic E-state index is -0.275. The van der Waals surface area contributed by atoms with Gasteiger partial charge in [0.05, 0.1) is 0 Å². The molecule has 0 aliphatic heterocycles. The third-order valence-corrected chi connectivity index (χ3v) is 1.08. The monoisotopic (exact) mass is 134 g/mol. The lowest BCUT2D eigenvalue weighted by atomic mass is 10.3. The van der Waals surface area contributed by atoms with Crippen LogP contribution in [-0.2, 0) is 0 Å². The van der Waals surface area contributed by atoms with Crippen molar-refractivity contribution in [3.05, 3.63) is 0 Å². The largest absolute Gasteiger partial charge is 0.330 e. The van der Waals surface area contributed by atoms with Crippen LogP contribution in [0.4, 0.5) is 4.39 Å². The van der Waals surface area contributed by atoms with Crippen LogP contribution >= 0.6 is 0 Å². The van der Waals surface area contributed by atoms with Crippen molar-refractivity contribution in [1.82, 2.24) is 5.32 Å². The predicted molar refractivity (Wildman–Crippen MR) is 37.1 cm³/mol. The van der Waals surface area contributed by atoms with Crippen LogP contribution < -0.4 is 11.1 Å². The summed E-state index contributed by atoms with van der Waals surface area (Å²) in [5.74, 6) is 0. The Morgan fingerprint density at radius 2 is 2.00 bits per heavy atom. The van der Waals surface area contributed by atoms with Crippen molar-refractivity contribution in [2.75, 3.05) is 26.3 Å². The summed E-state index contributed by atoms with van der Waals surface area (Å²) in [6.45, 7) is 1.83. The Morgan fingerprint density at radius 3 is 2.56 bits per heavy atom. The average Bonchev–Trinajstić information content (AvgIpc) is 1.89. The highest BCUT2D eigenvalue weighted by Crippen LogP contribution is 1.81. The molecule has 0 aromatic rings. The molecular formula is C6H15FN2. The fourth-order valence-electron chi connectivity index (χ4n) is 0.586. The van der Waals surface area contributed by atoms with Crippen LogP contribution in [0.15, 0.2) is 0 Å². The van der Waals surface area contributed by atoms with E-state index in [0.717, 1.165) is 25.9 Å². The van der Waals surface area contributed by atoms with Crippen molar-refractivity contribution < 1.29 is 4.39 Å². The van der Waals surface area contributed by atoms with E-state index in [2.05, 4.69) is 5.32 Å². The molecule has 9 heavy (non-hydrogen) atoms. The number of hydrogen-bond donors (Lipinski definition) is 2. The van der Waals surface area contributed by atoms with Crippen LogP contribution in [0.3, 0.4) is 0 Å². The predicted octanol–water partition coefficient (Wildman–Crippen LogP) is 0.284. The number of nitrogens with two attached hydrogens (primary N) is 1. The van der Waals surface area contributed by atoms with Crippen molar-refractivity contribution in [1.29, 1.82) is 0 Å². The summed E-state index contributed by atoms with van der Waals surface area (Å²) in [4.78, 5) is 0. The Labute approximate surface area is 55.6 Å². The Hall–Kier alpha value is -0.150. The summed E-state index contributed by atoms with van der Waals surface area (Å²) < 4.78 is 11.4. The second-order valence-electron chi connectivity index (χ2n) is 1.93. The topological polar surface area (TPSA) is 38.0 Å². The highest BCUT2D eigenvalue weighted by Gasteiger charge is 1.84. The minimum absolute atomic E-state index is 0.275. The number of hydrogen-bond acceptors (Lipinski definition) is 2. The zero-order chi connectivity index (χ0) is 6.95. The third-order valence-electron chi connectivity index (χ3n) is 1.08. The number of alkyl halides is 1.